The third-order valence-corrected chi connectivity index (χ3v) is 2.02. The number of benzene rings is 1. The maximum absolute atomic E-state index is 13.2. The zero-order valence-corrected chi connectivity index (χ0v) is 8.99. The van der Waals surface area contributed by atoms with Crippen LogP contribution < -0.4 is 5.32 Å². The first-order valence-electron chi connectivity index (χ1n) is 4.69. The van der Waals surface area contributed by atoms with Crippen LogP contribution in [0, 0.1) is 5.82 Å². The lowest BCUT2D eigenvalue weighted by atomic mass is 10.2. The molecule has 0 aliphatic heterocycles. The molecule has 0 saturated heterocycles. The monoisotopic (exact) mass is 225 g/mol. The highest BCUT2D eigenvalue weighted by Gasteiger charge is 2.18. The topological polar surface area (TPSA) is 55.4 Å². The average Bonchev–Trinajstić information content (AvgIpc) is 2.28. The van der Waals surface area contributed by atoms with E-state index in [1.165, 1.54) is 32.2 Å². The number of carbonyl (C=O) groups excluding carboxylic acids is 2. The summed E-state index contributed by atoms with van der Waals surface area (Å²) in [5.74, 6) is -1.85. The van der Waals surface area contributed by atoms with Gasteiger partial charge in [0.25, 0.3) is 5.91 Å². The first-order valence-corrected chi connectivity index (χ1v) is 4.69. The maximum atomic E-state index is 13.2. The fourth-order valence-corrected chi connectivity index (χ4v) is 1.16. The van der Waals surface area contributed by atoms with E-state index in [9.17, 15) is 14.0 Å². The normalized spacial score (nSPS) is 11.7. The van der Waals surface area contributed by atoms with Crippen LogP contribution in [0.5, 0.6) is 0 Å². The molecular formula is C11H12FNO3. The summed E-state index contributed by atoms with van der Waals surface area (Å²) in [5.41, 5.74) is -0.0988. The third kappa shape index (κ3) is 2.79. The molecule has 1 N–H and O–H groups in total. The van der Waals surface area contributed by atoms with Crippen LogP contribution in [-0.4, -0.2) is 25.0 Å². The highest BCUT2D eigenvalue weighted by atomic mass is 19.1. The second-order valence-corrected chi connectivity index (χ2v) is 3.20. The number of carbonyl (C=O) groups is 2. The molecule has 1 atom stereocenters. The van der Waals surface area contributed by atoms with Crippen molar-refractivity contribution < 1.29 is 18.7 Å². The lowest BCUT2D eigenvalue weighted by molar-refractivity contribution is -0.142. The first-order chi connectivity index (χ1) is 7.56. The molecule has 0 bridgehead atoms. The van der Waals surface area contributed by atoms with Crippen molar-refractivity contribution in [2.45, 2.75) is 13.0 Å². The van der Waals surface area contributed by atoms with Crippen LogP contribution in [0.15, 0.2) is 24.3 Å². The van der Waals surface area contributed by atoms with Crippen molar-refractivity contribution in [2.75, 3.05) is 7.11 Å². The Morgan fingerprint density at radius 2 is 2.00 bits per heavy atom. The summed E-state index contributed by atoms with van der Waals surface area (Å²) >= 11 is 0. The molecule has 86 valence electrons. The summed E-state index contributed by atoms with van der Waals surface area (Å²) in [5, 5.41) is 2.33. The molecule has 5 heteroatoms. The molecule has 0 saturated carbocycles. The number of ether oxygens (including phenoxy) is 1. The summed E-state index contributed by atoms with van der Waals surface area (Å²) in [4.78, 5) is 22.6. The Hall–Kier alpha value is -1.91. The summed E-state index contributed by atoms with van der Waals surface area (Å²) in [6.45, 7) is 1.46. The molecule has 0 aliphatic rings. The van der Waals surface area contributed by atoms with Gasteiger partial charge in [-0.3, -0.25) is 4.79 Å². The van der Waals surface area contributed by atoms with Crippen LogP contribution in [0.3, 0.4) is 0 Å². The van der Waals surface area contributed by atoms with Gasteiger partial charge in [0.2, 0.25) is 0 Å². The molecule has 1 amide bonds. The quantitative estimate of drug-likeness (QED) is 0.784. The number of amides is 1. The Bertz CT molecular complexity index is 406. The van der Waals surface area contributed by atoms with Gasteiger partial charge in [0, 0.05) is 0 Å². The highest BCUT2D eigenvalue weighted by Crippen LogP contribution is 2.06. The number of halogens is 1. The molecule has 0 heterocycles. The molecule has 0 aliphatic carbocycles. The molecule has 0 fully saturated rings. The van der Waals surface area contributed by atoms with Crippen LogP contribution in [0.25, 0.3) is 0 Å². The van der Waals surface area contributed by atoms with Gasteiger partial charge in [0.1, 0.15) is 11.9 Å². The summed E-state index contributed by atoms with van der Waals surface area (Å²) < 4.78 is 17.6. The van der Waals surface area contributed by atoms with E-state index in [0.717, 1.165) is 0 Å². The highest BCUT2D eigenvalue weighted by molar-refractivity contribution is 5.96. The van der Waals surface area contributed by atoms with Crippen LogP contribution in [0.4, 0.5) is 4.39 Å². The molecule has 1 rings (SSSR count). The molecule has 0 spiro atoms. The van der Waals surface area contributed by atoms with Gasteiger partial charge in [-0.1, -0.05) is 12.1 Å². The second-order valence-electron chi connectivity index (χ2n) is 3.20. The lowest BCUT2D eigenvalue weighted by Crippen LogP contribution is -2.39. The van der Waals surface area contributed by atoms with Gasteiger partial charge < -0.3 is 10.1 Å². The largest absolute Gasteiger partial charge is 0.467 e. The van der Waals surface area contributed by atoms with Crippen molar-refractivity contribution >= 4 is 11.9 Å². The minimum atomic E-state index is -0.808. The van der Waals surface area contributed by atoms with Crippen LogP contribution in [0.2, 0.25) is 0 Å². The minimum absolute atomic E-state index is 0.0988. The fourth-order valence-electron chi connectivity index (χ4n) is 1.16. The zero-order chi connectivity index (χ0) is 12.1. The van der Waals surface area contributed by atoms with Gasteiger partial charge in [0.05, 0.1) is 12.7 Å². The van der Waals surface area contributed by atoms with Crippen molar-refractivity contribution in [3.8, 4) is 0 Å². The van der Waals surface area contributed by atoms with E-state index in [2.05, 4.69) is 10.1 Å². The van der Waals surface area contributed by atoms with Crippen molar-refractivity contribution in [3.63, 3.8) is 0 Å². The first kappa shape index (κ1) is 12.2. The average molecular weight is 225 g/mol. The van der Waals surface area contributed by atoms with E-state index < -0.39 is 23.7 Å². The van der Waals surface area contributed by atoms with Gasteiger partial charge >= 0.3 is 5.97 Å². The number of hydrogen-bond acceptors (Lipinski definition) is 3. The second kappa shape index (κ2) is 5.25. The molecular weight excluding hydrogens is 213 g/mol. The van der Waals surface area contributed by atoms with Crippen molar-refractivity contribution in [1.29, 1.82) is 0 Å². The van der Waals surface area contributed by atoms with Crippen molar-refractivity contribution in [1.82, 2.24) is 5.32 Å². The molecule has 16 heavy (non-hydrogen) atoms. The number of hydrogen-bond donors (Lipinski definition) is 1. The Balaban J connectivity index is 2.73. The zero-order valence-electron chi connectivity index (χ0n) is 8.99. The van der Waals surface area contributed by atoms with Gasteiger partial charge in [-0.25, -0.2) is 9.18 Å². The summed E-state index contributed by atoms with van der Waals surface area (Å²) in [6, 6.07) is 4.74. The van der Waals surface area contributed by atoms with E-state index in [-0.39, 0.29) is 5.56 Å². The van der Waals surface area contributed by atoms with Gasteiger partial charge in [-0.15, -0.1) is 0 Å². The molecule has 1 aromatic rings. The summed E-state index contributed by atoms with van der Waals surface area (Å²) in [6.07, 6.45) is 0. The van der Waals surface area contributed by atoms with E-state index in [1.807, 2.05) is 0 Å². The Labute approximate surface area is 92.4 Å². The van der Waals surface area contributed by atoms with Gasteiger partial charge in [-0.05, 0) is 19.1 Å². The Morgan fingerprint density at radius 3 is 2.56 bits per heavy atom. The predicted octanol–water partition coefficient (Wildman–Crippen LogP) is 1.12. The standard InChI is InChI=1S/C11H12FNO3/c1-7(11(15)16-2)13-10(14)8-5-3-4-6-9(8)12/h3-7H,1-2H3,(H,13,14)/t7-/m1/s1. The molecule has 0 unspecified atom stereocenters. The molecule has 4 nitrogen and oxygen atoms in total. The number of nitrogens with one attached hydrogen (secondary N) is 1. The number of esters is 1. The lowest BCUT2D eigenvalue weighted by Gasteiger charge is -2.11. The predicted molar refractivity (Wildman–Crippen MR) is 55.3 cm³/mol. The van der Waals surface area contributed by atoms with E-state index in [1.54, 1.807) is 6.07 Å². The van der Waals surface area contributed by atoms with E-state index >= 15 is 0 Å². The molecule has 0 aromatic heterocycles. The summed E-state index contributed by atoms with van der Waals surface area (Å²) in [7, 11) is 1.22. The smallest absolute Gasteiger partial charge is 0.328 e. The molecule has 0 radical (unpaired) electrons. The van der Waals surface area contributed by atoms with E-state index in [4.69, 9.17) is 0 Å². The van der Waals surface area contributed by atoms with Crippen LogP contribution in [-0.2, 0) is 9.53 Å². The minimum Gasteiger partial charge on any atom is -0.467 e. The van der Waals surface area contributed by atoms with Crippen molar-refractivity contribution in [2.24, 2.45) is 0 Å². The van der Waals surface area contributed by atoms with Crippen LogP contribution >= 0.6 is 0 Å². The van der Waals surface area contributed by atoms with Crippen molar-refractivity contribution in [3.05, 3.63) is 35.6 Å². The Morgan fingerprint density at radius 1 is 1.38 bits per heavy atom. The van der Waals surface area contributed by atoms with Gasteiger partial charge in [-0.2, -0.15) is 0 Å². The Kier molecular flexibility index (Phi) is 3.99. The van der Waals surface area contributed by atoms with Crippen LogP contribution in [0.1, 0.15) is 17.3 Å². The number of methoxy groups -OCH3 is 1. The molecule has 1 aromatic carbocycles. The fraction of sp³-hybridized carbons (Fsp3) is 0.273. The third-order valence-electron chi connectivity index (χ3n) is 2.02. The van der Waals surface area contributed by atoms with E-state index in [0.29, 0.717) is 0 Å². The maximum Gasteiger partial charge on any atom is 0.328 e. The SMILES string of the molecule is COC(=O)[C@@H](C)NC(=O)c1ccccc1F. The number of rotatable bonds is 3. The van der Waals surface area contributed by atoms with Gasteiger partial charge in [0.15, 0.2) is 0 Å².